The molecule has 0 bridgehead atoms. The Bertz CT molecular complexity index is 576. The molecule has 0 aliphatic heterocycles. The Hall–Kier alpha value is -1.88. The van der Waals surface area contributed by atoms with E-state index < -0.39 is 11.7 Å². The second-order valence-corrected chi connectivity index (χ2v) is 3.96. The first-order valence-corrected chi connectivity index (χ1v) is 5.78. The largest absolute Gasteiger partial charge is 0.457 e. The van der Waals surface area contributed by atoms with E-state index in [-0.39, 0.29) is 5.75 Å². The molecule has 0 atom stereocenters. The van der Waals surface area contributed by atoms with Crippen molar-refractivity contribution in [1.82, 2.24) is 0 Å². The van der Waals surface area contributed by atoms with Gasteiger partial charge in [0.1, 0.15) is 11.5 Å². The summed E-state index contributed by atoms with van der Waals surface area (Å²) in [6, 6.07) is 12.3. The van der Waals surface area contributed by atoms with E-state index in [4.69, 9.17) is 17.0 Å². The molecule has 0 aromatic heterocycles. The quantitative estimate of drug-likeness (QED) is 0.758. The van der Waals surface area contributed by atoms with Crippen LogP contribution in [0.1, 0.15) is 11.1 Å². The van der Waals surface area contributed by atoms with Crippen LogP contribution in [0.3, 0.4) is 0 Å². The van der Waals surface area contributed by atoms with E-state index in [0.29, 0.717) is 5.75 Å². The molecule has 0 fully saturated rings. The first-order valence-electron chi connectivity index (χ1n) is 5.31. The van der Waals surface area contributed by atoms with Crippen LogP contribution in [0.2, 0.25) is 0 Å². The highest BCUT2D eigenvalue weighted by atomic mass is 32.1. The van der Waals surface area contributed by atoms with Gasteiger partial charge in [-0.25, -0.2) is 0 Å². The van der Waals surface area contributed by atoms with E-state index in [2.05, 4.69) is 6.07 Å². The smallest absolute Gasteiger partial charge is 0.416 e. The maximum Gasteiger partial charge on any atom is 0.416 e. The van der Waals surface area contributed by atoms with E-state index in [1.54, 1.807) is 24.3 Å². The molecule has 97 valence electrons. The average Bonchev–Trinajstić information content (AvgIpc) is 2.39. The average molecular weight is 281 g/mol. The summed E-state index contributed by atoms with van der Waals surface area (Å²) in [5, 5.41) is 1.50. The van der Waals surface area contributed by atoms with Crippen molar-refractivity contribution in [2.24, 2.45) is 0 Å². The first kappa shape index (κ1) is 13.5. The zero-order chi connectivity index (χ0) is 13.9. The first-order chi connectivity index (χ1) is 8.99. The molecule has 2 aromatic carbocycles. The van der Waals surface area contributed by atoms with Crippen LogP contribution in [-0.2, 0) is 6.18 Å². The second-order valence-electron chi connectivity index (χ2n) is 3.73. The highest BCUT2D eigenvalue weighted by Gasteiger charge is 2.30. The summed E-state index contributed by atoms with van der Waals surface area (Å²) in [6.45, 7) is 0. The van der Waals surface area contributed by atoms with Crippen LogP contribution in [-0.4, -0.2) is 5.37 Å². The minimum absolute atomic E-state index is 0.0185. The number of rotatable bonds is 3. The van der Waals surface area contributed by atoms with Crippen molar-refractivity contribution in [1.29, 1.82) is 0 Å². The third kappa shape index (κ3) is 3.54. The van der Waals surface area contributed by atoms with Crippen LogP contribution in [0.15, 0.2) is 42.5 Å². The molecule has 0 aliphatic rings. The van der Waals surface area contributed by atoms with Gasteiger partial charge in [-0.3, -0.25) is 0 Å². The molecule has 0 aliphatic carbocycles. The van der Waals surface area contributed by atoms with E-state index in [1.165, 1.54) is 11.4 Å². The lowest BCUT2D eigenvalue weighted by atomic mass is 10.2. The molecule has 0 N–H and O–H groups in total. The SMILES string of the molecule is FC(F)(F)c1cc[c]c(Oc2ccc(C=S)cc2)c1. The van der Waals surface area contributed by atoms with Crippen molar-refractivity contribution in [3.63, 3.8) is 0 Å². The van der Waals surface area contributed by atoms with Gasteiger partial charge in [-0.1, -0.05) is 24.4 Å². The standard InChI is InChI=1S/C14H8F3OS/c15-14(16,17)11-2-1-3-13(8-11)18-12-6-4-10(9-19)5-7-12/h1-2,4-9H. The zero-order valence-corrected chi connectivity index (χ0v) is 10.4. The number of alkyl halides is 3. The Morgan fingerprint density at radius 2 is 1.79 bits per heavy atom. The third-order valence-electron chi connectivity index (χ3n) is 2.35. The minimum Gasteiger partial charge on any atom is -0.457 e. The van der Waals surface area contributed by atoms with Gasteiger partial charge in [-0.15, -0.1) is 0 Å². The van der Waals surface area contributed by atoms with Gasteiger partial charge in [0, 0.05) is 11.4 Å². The van der Waals surface area contributed by atoms with E-state index >= 15 is 0 Å². The molecule has 0 saturated carbocycles. The summed E-state index contributed by atoms with van der Waals surface area (Å²) in [5.74, 6) is 0.445. The third-order valence-corrected chi connectivity index (χ3v) is 2.62. The Balaban J connectivity index is 2.20. The lowest BCUT2D eigenvalue weighted by Crippen LogP contribution is -2.04. The van der Waals surface area contributed by atoms with Gasteiger partial charge in [0.2, 0.25) is 0 Å². The van der Waals surface area contributed by atoms with Gasteiger partial charge in [0.25, 0.3) is 0 Å². The molecule has 0 spiro atoms. The molecule has 2 aromatic rings. The number of ether oxygens (including phenoxy) is 1. The summed E-state index contributed by atoms with van der Waals surface area (Å²) in [7, 11) is 0. The van der Waals surface area contributed by atoms with Crippen molar-refractivity contribution >= 4 is 17.6 Å². The topological polar surface area (TPSA) is 9.23 Å². The van der Waals surface area contributed by atoms with Crippen molar-refractivity contribution in [2.45, 2.75) is 6.18 Å². The minimum atomic E-state index is -4.39. The monoisotopic (exact) mass is 281 g/mol. The summed E-state index contributed by atoms with van der Waals surface area (Å²) in [4.78, 5) is 0. The lowest BCUT2D eigenvalue weighted by Gasteiger charge is -2.09. The number of halogens is 3. The predicted molar refractivity (Wildman–Crippen MR) is 69.6 cm³/mol. The van der Waals surface area contributed by atoms with Crippen LogP contribution in [0.4, 0.5) is 13.2 Å². The van der Waals surface area contributed by atoms with Gasteiger partial charge >= 0.3 is 6.18 Å². The molecule has 0 unspecified atom stereocenters. The van der Waals surface area contributed by atoms with Crippen LogP contribution >= 0.6 is 12.2 Å². The van der Waals surface area contributed by atoms with Gasteiger partial charge in [-0.2, -0.15) is 13.2 Å². The summed E-state index contributed by atoms with van der Waals surface area (Å²) >= 11 is 4.75. The Labute approximate surface area is 113 Å². The van der Waals surface area contributed by atoms with Crippen LogP contribution in [0.5, 0.6) is 11.5 Å². The molecule has 1 radical (unpaired) electrons. The maximum absolute atomic E-state index is 12.5. The fourth-order valence-corrected chi connectivity index (χ4v) is 1.58. The Kier molecular flexibility index (Phi) is 3.85. The van der Waals surface area contributed by atoms with Crippen molar-refractivity contribution in [2.75, 3.05) is 0 Å². The van der Waals surface area contributed by atoms with Gasteiger partial charge < -0.3 is 4.74 Å². The highest BCUT2D eigenvalue weighted by Crippen LogP contribution is 2.32. The molecular weight excluding hydrogens is 273 g/mol. The number of thiocarbonyl (C=S) groups is 1. The number of hydrogen-bond acceptors (Lipinski definition) is 2. The zero-order valence-electron chi connectivity index (χ0n) is 9.57. The van der Waals surface area contributed by atoms with Crippen molar-refractivity contribution < 1.29 is 17.9 Å². The summed E-state index contributed by atoms with van der Waals surface area (Å²) in [5.41, 5.74) is 0.0622. The van der Waals surface area contributed by atoms with Gasteiger partial charge in [0.15, 0.2) is 0 Å². The van der Waals surface area contributed by atoms with E-state index in [9.17, 15) is 13.2 Å². The molecule has 1 nitrogen and oxygen atoms in total. The maximum atomic E-state index is 12.5. The molecule has 0 heterocycles. The predicted octanol–water partition coefficient (Wildman–Crippen LogP) is 4.65. The van der Waals surface area contributed by atoms with Gasteiger partial charge in [-0.05, 0) is 35.9 Å². The highest BCUT2D eigenvalue weighted by molar-refractivity contribution is 7.79. The molecule has 2 rings (SSSR count). The number of hydrogen-bond donors (Lipinski definition) is 0. The fourth-order valence-electron chi connectivity index (χ4n) is 1.42. The molecule has 0 amide bonds. The lowest BCUT2D eigenvalue weighted by molar-refractivity contribution is -0.137. The molecule has 0 saturated heterocycles. The summed E-state index contributed by atoms with van der Waals surface area (Å²) in [6.07, 6.45) is -4.39. The van der Waals surface area contributed by atoms with E-state index in [1.807, 2.05) is 0 Å². The Morgan fingerprint density at radius 3 is 2.37 bits per heavy atom. The number of benzene rings is 2. The Morgan fingerprint density at radius 1 is 1.11 bits per heavy atom. The molecule has 5 heteroatoms. The molecular formula is C14H8F3OS. The van der Waals surface area contributed by atoms with Crippen LogP contribution in [0, 0.1) is 6.07 Å². The fraction of sp³-hybridized carbons (Fsp3) is 0.0714. The summed E-state index contributed by atoms with van der Waals surface area (Å²) < 4.78 is 42.9. The van der Waals surface area contributed by atoms with E-state index in [0.717, 1.165) is 17.7 Å². The van der Waals surface area contributed by atoms with Gasteiger partial charge in [0.05, 0.1) is 5.56 Å². The van der Waals surface area contributed by atoms with Crippen molar-refractivity contribution in [3.05, 3.63) is 59.7 Å². The second kappa shape index (κ2) is 5.40. The van der Waals surface area contributed by atoms with Crippen molar-refractivity contribution in [3.8, 4) is 11.5 Å². The molecule has 19 heavy (non-hydrogen) atoms. The normalized spacial score (nSPS) is 11.1. The van der Waals surface area contributed by atoms with Crippen LogP contribution < -0.4 is 4.74 Å². The van der Waals surface area contributed by atoms with Crippen LogP contribution in [0.25, 0.3) is 0 Å².